The number of alkyl halides is 3. The Morgan fingerprint density at radius 3 is 2.45 bits per heavy atom. The number of pyridine rings is 1. The van der Waals surface area contributed by atoms with Gasteiger partial charge in [0.25, 0.3) is 0 Å². The van der Waals surface area contributed by atoms with Gasteiger partial charge in [-0.15, -0.1) is 0 Å². The summed E-state index contributed by atoms with van der Waals surface area (Å²) >= 11 is 0. The highest BCUT2D eigenvalue weighted by Gasteiger charge is 2.35. The summed E-state index contributed by atoms with van der Waals surface area (Å²) in [6.45, 7) is 0.298. The van der Waals surface area contributed by atoms with E-state index in [0.29, 0.717) is 6.54 Å². The summed E-state index contributed by atoms with van der Waals surface area (Å²) < 4.78 is 46.3. The Kier molecular flexibility index (Phi) is 5.72. The predicted octanol–water partition coefficient (Wildman–Crippen LogP) is 5.23. The highest BCUT2D eigenvalue weighted by Crippen LogP contribution is 2.39. The van der Waals surface area contributed by atoms with Crippen LogP contribution in [0.5, 0.6) is 11.6 Å². The van der Waals surface area contributed by atoms with Crippen LogP contribution < -0.4 is 9.64 Å². The molecule has 2 aromatic carbocycles. The molecule has 29 heavy (non-hydrogen) atoms. The normalized spacial score (nSPS) is 11.2. The summed E-state index contributed by atoms with van der Waals surface area (Å²) in [6, 6.07) is 16.8. The number of carboxylic acids is 1. The van der Waals surface area contributed by atoms with Crippen molar-refractivity contribution in [1.82, 2.24) is 4.98 Å². The van der Waals surface area contributed by atoms with Crippen LogP contribution in [0, 0.1) is 0 Å². The third kappa shape index (κ3) is 5.04. The fourth-order valence-electron chi connectivity index (χ4n) is 2.79. The van der Waals surface area contributed by atoms with Gasteiger partial charge in [0.05, 0.1) is 5.56 Å². The Bertz CT molecular complexity index is 1010. The van der Waals surface area contributed by atoms with Gasteiger partial charge in [0.1, 0.15) is 5.75 Å². The number of ether oxygens (including phenoxy) is 1. The maximum Gasteiger partial charge on any atom is 0.418 e. The highest BCUT2D eigenvalue weighted by molar-refractivity contribution is 5.85. The van der Waals surface area contributed by atoms with Gasteiger partial charge < -0.3 is 14.7 Å². The second-order valence-corrected chi connectivity index (χ2v) is 6.29. The molecule has 150 valence electrons. The largest absolute Gasteiger partial charge is 0.477 e. The van der Waals surface area contributed by atoms with E-state index in [9.17, 15) is 18.0 Å². The number of hydrogen-bond donors (Lipinski definition) is 1. The van der Waals surface area contributed by atoms with Gasteiger partial charge in [0, 0.05) is 25.3 Å². The van der Waals surface area contributed by atoms with Crippen LogP contribution in [0.3, 0.4) is 0 Å². The van der Waals surface area contributed by atoms with Crippen LogP contribution in [0.2, 0.25) is 0 Å². The standard InChI is InChI=1S/C21H17F3N2O3/c1-26(13-14-6-3-2-4-7-14)18-11-10-15(12-16(18)21(22,23)24)29-19-9-5-8-17(25-19)20(27)28/h2-12H,13H2,1H3,(H,27,28). The molecule has 1 heterocycles. The number of hydrogen-bond acceptors (Lipinski definition) is 4. The quantitative estimate of drug-likeness (QED) is 0.612. The number of benzene rings is 2. The molecular weight excluding hydrogens is 385 g/mol. The fraction of sp³-hybridized carbons (Fsp3) is 0.143. The summed E-state index contributed by atoms with van der Waals surface area (Å²) in [5, 5.41) is 8.97. The van der Waals surface area contributed by atoms with Crippen molar-refractivity contribution < 1.29 is 27.8 Å². The number of aromatic carboxylic acids is 1. The Hall–Kier alpha value is -3.55. The molecule has 0 aliphatic carbocycles. The topological polar surface area (TPSA) is 62.7 Å². The van der Waals surface area contributed by atoms with Crippen LogP contribution in [0.15, 0.2) is 66.7 Å². The van der Waals surface area contributed by atoms with E-state index in [-0.39, 0.29) is 23.0 Å². The molecule has 0 saturated carbocycles. The first kappa shape index (κ1) is 20.2. The van der Waals surface area contributed by atoms with Crippen molar-refractivity contribution in [3.8, 4) is 11.6 Å². The average Bonchev–Trinajstić information content (AvgIpc) is 2.68. The molecule has 0 amide bonds. The number of halogens is 3. The molecule has 0 fully saturated rings. The van der Waals surface area contributed by atoms with E-state index in [2.05, 4.69) is 4.98 Å². The molecular formula is C21H17F3N2O3. The van der Waals surface area contributed by atoms with Crippen LogP contribution in [-0.4, -0.2) is 23.1 Å². The van der Waals surface area contributed by atoms with Gasteiger partial charge in [0.15, 0.2) is 5.69 Å². The van der Waals surface area contributed by atoms with Crippen molar-refractivity contribution in [2.75, 3.05) is 11.9 Å². The number of carbonyl (C=O) groups is 1. The van der Waals surface area contributed by atoms with Crippen LogP contribution in [0.1, 0.15) is 21.6 Å². The molecule has 5 nitrogen and oxygen atoms in total. The zero-order valence-corrected chi connectivity index (χ0v) is 15.3. The lowest BCUT2D eigenvalue weighted by atomic mass is 10.1. The maximum atomic E-state index is 13.7. The molecule has 0 radical (unpaired) electrons. The van der Waals surface area contributed by atoms with E-state index in [1.807, 2.05) is 30.3 Å². The first-order valence-corrected chi connectivity index (χ1v) is 8.58. The van der Waals surface area contributed by atoms with Crippen molar-refractivity contribution in [3.63, 3.8) is 0 Å². The predicted molar refractivity (Wildman–Crippen MR) is 101 cm³/mol. The molecule has 0 unspecified atom stereocenters. The first-order chi connectivity index (χ1) is 13.7. The fourth-order valence-corrected chi connectivity index (χ4v) is 2.79. The molecule has 8 heteroatoms. The molecule has 1 aromatic heterocycles. The van der Waals surface area contributed by atoms with Gasteiger partial charge in [-0.3, -0.25) is 0 Å². The second-order valence-electron chi connectivity index (χ2n) is 6.29. The van der Waals surface area contributed by atoms with Crippen LogP contribution in [0.4, 0.5) is 18.9 Å². The SMILES string of the molecule is CN(Cc1ccccc1)c1ccc(Oc2cccc(C(=O)O)n2)cc1C(F)(F)F. The van der Waals surface area contributed by atoms with Gasteiger partial charge in [-0.2, -0.15) is 13.2 Å². The number of rotatable bonds is 6. The summed E-state index contributed by atoms with van der Waals surface area (Å²) in [5.74, 6) is -1.46. The van der Waals surface area contributed by atoms with Crippen molar-refractivity contribution in [1.29, 1.82) is 0 Å². The second kappa shape index (κ2) is 8.22. The van der Waals surface area contributed by atoms with E-state index in [1.165, 1.54) is 35.2 Å². The average molecular weight is 402 g/mol. The van der Waals surface area contributed by atoms with Gasteiger partial charge in [0.2, 0.25) is 5.88 Å². The van der Waals surface area contributed by atoms with Crippen molar-refractivity contribution in [3.05, 3.63) is 83.6 Å². The molecule has 0 bridgehead atoms. The Morgan fingerprint density at radius 1 is 1.07 bits per heavy atom. The van der Waals surface area contributed by atoms with Gasteiger partial charge in [-0.1, -0.05) is 36.4 Å². The van der Waals surface area contributed by atoms with E-state index >= 15 is 0 Å². The smallest absolute Gasteiger partial charge is 0.418 e. The molecule has 1 N–H and O–H groups in total. The minimum absolute atomic E-state index is 0.000879. The summed E-state index contributed by atoms with van der Waals surface area (Å²) in [5.41, 5.74) is -0.250. The number of aromatic nitrogens is 1. The molecule has 0 aliphatic rings. The number of carboxylic acid groups (broad SMARTS) is 1. The maximum absolute atomic E-state index is 13.7. The van der Waals surface area contributed by atoms with Crippen LogP contribution >= 0.6 is 0 Å². The lowest BCUT2D eigenvalue weighted by molar-refractivity contribution is -0.137. The summed E-state index contributed by atoms with van der Waals surface area (Å²) in [4.78, 5) is 16.3. The van der Waals surface area contributed by atoms with Gasteiger partial charge in [-0.25, -0.2) is 9.78 Å². The third-order valence-electron chi connectivity index (χ3n) is 4.11. The van der Waals surface area contributed by atoms with Crippen molar-refractivity contribution >= 4 is 11.7 Å². The molecule has 0 atom stereocenters. The summed E-state index contributed by atoms with van der Waals surface area (Å²) in [7, 11) is 1.58. The lowest BCUT2D eigenvalue weighted by Gasteiger charge is -2.24. The Labute approximate surface area is 165 Å². The van der Waals surface area contributed by atoms with Crippen LogP contribution in [0.25, 0.3) is 0 Å². The van der Waals surface area contributed by atoms with Gasteiger partial charge >= 0.3 is 12.1 Å². The third-order valence-corrected chi connectivity index (χ3v) is 4.11. The van der Waals surface area contributed by atoms with Crippen LogP contribution in [-0.2, 0) is 12.7 Å². The number of anilines is 1. The zero-order chi connectivity index (χ0) is 21.0. The molecule has 0 spiro atoms. The zero-order valence-electron chi connectivity index (χ0n) is 15.3. The minimum Gasteiger partial charge on any atom is -0.477 e. The highest BCUT2D eigenvalue weighted by atomic mass is 19.4. The lowest BCUT2D eigenvalue weighted by Crippen LogP contribution is -2.21. The molecule has 0 saturated heterocycles. The van der Waals surface area contributed by atoms with E-state index < -0.39 is 17.7 Å². The minimum atomic E-state index is -4.60. The van der Waals surface area contributed by atoms with Gasteiger partial charge in [-0.05, 0) is 29.8 Å². The van der Waals surface area contributed by atoms with E-state index in [4.69, 9.17) is 9.84 Å². The van der Waals surface area contributed by atoms with Crippen molar-refractivity contribution in [2.45, 2.75) is 12.7 Å². The van der Waals surface area contributed by atoms with Crippen molar-refractivity contribution in [2.24, 2.45) is 0 Å². The first-order valence-electron chi connectivity index (χ1n) is 8.58. The monoisotopic (exact) mass is 402 g/mol. The molecule has 3 aromatic rings. The Balaban J connectivity index is 1.90. The number of nitrogens with zero attached hydrogens (tertiary/aromatic N) is 2. The molecule has 0 aliphatic heterocycles. The van der Waals surface area contributed by atoms with E-state index in [1.54, 1.807) is 7.05 Å². The Morgan fingerprint density at radius 2 is 1.79 bits per heavy atom. The summed E-state index contributed by atoms with van der Waals surface area (Å²) in [6.07, 6.45) is -4.60. The molecule has 3 rings (SSSR count). The van der Waals surface area contributed by atoms with E-state index in [0.717, 1.165) is 11.6 Å².